The molecule has 22 heavy (non-hydrogen) atoms. The maximum atomic E-state index is 13.6. The number of benzene rings is 1. The maximum absolute atomic E-state index is 13.6. The summed E-state index contributed by atoms with van der Waals surface area (Å²) in [6.45, 7) is 2.92. The number of halogens is 1. The Morgan fingerprint density at radius 3 is 2.55 bits per heavy atom. The van der Waals surface area contributed by atoms with Gasteiger partial charge in [-0.3, -0.25) is 9.69 Å². The zero-order valence-electron chi connectivity index (χ0n) is 12.7. The van der Waals surface area contributed by atoms with Gasteiger partial charge in [0.1, 0.15) is 5.82 Å². The minimum Gasteiger partial charge on any atom is -0.391 e. The third-order valence-corrected chi connectivity index (χ3v) is 4.88. The molecule has 3 rings (SSSR count). The predicted molar refractivity (Wildman–Crippen MR) is 81.9 cm³/mol. The fourth-order valence-corrected chi connectivity index (χ4v) is 3.57. The Morgan fingerprint density at radius 2 is 1.91 bits per heavy atom. The van der Waals surface area contributed by atoms with Crippen LogP contribution in [0, 0.1) is 5.82 Å². The van der Waals surface area contributed by atoms with Gasteiger partial charge in [-0.15, -0.1) is 0 Å². The molecule has 1 amide bonds. The molecule has 1 aliphatic heterocycles. The van der Waals surface area contributed by atoms with E-state index in [1.165, 1.54) is 6.07 Å². The van der Waals surface area contributed by atoms with E-state index in [9.17, 15) is 14.3 Å². The van der Waals surface area contributed by atoms with Gasteiger partial charge in [-0.25, -0.2) is 4.39 Å². The number of aliphatic hydroxyl groups is 1. The van der Waals surface area contributed by atoms with Gasteiger partial charge in [0.2, 0.25) is 5.91 Å². The van der Waals surface area contributed by atoms with Crippen LogP contribution < -0.4 is 0 Å². The lowest BCUT2D eigenvalue weighted by atomic mass is 10.1. The number of hydrogen-bond acceptors (Lipinski definition) is 3. The lowest BCUT2D eigenvalue weighted by Gasteiger charge is -2.39. The van der Waals surface area contributed by atoms with Crippen LogP contribution in [0.5, 0.6) is 0 Å². The standard InChI is InChI=1S/C17H23FN2O2/c18-14-5-2-1-4-13(14)12-17(22)20-10-8-19(9-11-20)15-6-3-7-16(15)21/h1-2,4-5,15-16,21H,3,6-12H2/t15-,16-/m1/s1. The zero-order chi connectivity index (χ0) is 15.5. The number of hydrogen-bond donors (Lipinski definition) is 1. The normalized spacial score (nSPS) is 26.4. The Bertz CT molecular complexity index is 529. The average molecular weight is 306 g/mol. The van der Waals surface area contributed by atoms with Gasteiger partial charge < -0.3 is 10.0 Å². The van der Waals surface area contributed by atoms with Crippen molar-refractivity contribution in [2.24, 2.45) is 0 Å². The minimum absolute atomic E-state index is 0.0169. The topological polar surface area (TPSA) is 43.8 Å². The Labute approximate surface area is 130 Å². The Morgan fingerprint density at radius 1 is 1.18 bits per heavy atom. The van der Waals surface area contributed by atoms with Crippen LogP contribution in [-0.4, -0.2) is 59.1 Å². The average Bonchev–Trinajstić information content (AvgIpc) is 2.96. The molecule has 1 aromatic carbocycles. The number of carbonyl (C=O) groups is 1. The Hall–Kier alpha value is -1.46. The van der Waals surface area contributed by atoms with Crippen LogP contribution in [-0.2, 0) is 11.2 Å². The third-order valence-electron chi connectivity index (χ3n) is 4.88. The monoisotopic (exact) mass is 306 g/mol. The molecule has 2 fully saturated rings. The van der Waals surface area contributed by atoms with E-state index in [-0.39, 0.29) is 30.3 Å². The molecule has 120 valence electrons. The first-order chi connectivity index (χ1) is 10.6. The fraction of sp³-hybridized carbons (Fsp3) is 0.588. The molecule has 2 atom stereocenters. The molecule has 0 radical (unpaired) electrons. The second-order valence-electron chi connectivity index (χ2n) is 6.25. The number of nitrogens with zero attached hydrogens (tertiary/aromatic N) is 2. The summed E-state index contributed by atoms with van der Waals surface area (Å²) >= 11 is 0. The number of aliphatic hydroxyl groups excluding tert-OH is 1. The quantitative estimate of drug-likeness (QED) is 0.919. The smallest absolute Gasteiger partial charge is 0.227 e. The van der Waals surface area contributed by atoms with Gasteiger partial charge in [0.05, 0.1) is 12.5 Å². The van der Waals surface area contributed by atoms with Crippen LogP contribution in [0.15, 0.2) is 24.3 Å². The summed E-state index contributed by atoms with van der Waals surface area (Å²) in [4.78, 5) is 16.4. The van der Waals surface area contributed by atoms with Crippen molar-refractivity contribution in [1.29, 1.82) is 0 Å². The Kier molecular flexibility index (Phi) is 4.74. The summed E-state index contributed by atoms with van der Waals surface area (Å²) in [5.41, 5.74) is 0.459. The van der Waals surface area contributed by atoms with Gasteiger partial charge in [-0.1, -0.05) is 18.2 Å². The first-order valence-corrected chi connectivity index (χ1v) is 8.08. The van der Waals surface area contributed by atoms with Crippen LogP contribution in [0.25, 0.3) is 0 Å². The lowest BCUT2D eigenvalue weighted by Crippen LogP contribution is -2.53. The first kappa shape index (κ1) is 15.4. The fourth-order valence-electron chi connectivity index (χ4n) is 3.57. The zero-order valence-corrected chi connectivity index (χ0v) is 12.7. The highest BCUT2D eigenvalue weighted by molar-refractivity contribution is 5.79. The summed E-state index contributed by atoms with van der Waals surface area (Å²) < 4.78 is 13.6. The van der Waals surface area contributed by atoms with Crippen molar-refractivity contribution in [2.45, 2.75) is 37.8 Å². The van der Waals surface area contributed by atoms with Gasteiger partial charge >= 0.3 is 0 Å². The Balaban J connectivity index is 1.53. The van der Waals surface area contributed by atoms with E-state index in [2.05, 4.69) is 4.90 Å². The summed E-state index contributed by atoms with van der Waals surface area (Å²) in [6, 6.07) is 6.70. The SMILES string of the molecule is O=C(Cc1ccccc1F)N1CCN([C@@H]2CCC[C@H]2O)CC1. The molecule has 4 nitrogen and oxygen atoms in total. The van der Waals surface area contributed by atoms with E-state index in [0.717, 1.165) is 32.4 Å². The lowest BCUT2D eigenvalue weighted by molar-refractivity contribution is -0.132. The van der Waals surface area contributed by atoms with E-state index in [1.807, 2.05) is 4.90 Å². The molecule has 1 N–H and O–H groups in total. The van der Waals surface area contributed by atoms with Crippen LogP contribution in [0.1, 0.15) is 24.8 Å². The molecule has 1 aromatic rings. The molecular formula is C17H23FN2O2. The first-order valence-electron chi connectivity index (χ1n) is 8.08. The van der Waals surface area contributed by atoms with Crippen LogP contribution in [0.3, 0.4) is 0 Å². The highest BCUT2D eigenvalue weighted by Crippen LogP contribution is 2.25. The molecule has 2 aliphatic rings. The molecular weight excluding hydrogens is 283 g/mol. The van der Waals surface area contributed by atoms with Crippen molar-refractivity contribution in [1.82, 2.24) is 9.80 Å². The third kappa shape index (κ3) is 3.31. The number of rotatable bonds is 3. The molecule has 1 saturated heterocycles. The van der Waals surface area contributed by atoms with Gasteiger partial charge in [0, 0.05) is 32.2 Å². The van der Waals surface area contributed by atoms with Crippen LogP contribution in [0.4, 0.5) is 4.39 Å². The molecule has 1 aliphatic carbocycles. The van der Waals surface area contributed by atoms with Crippen molar-refractivity contribution in [2.75, 3.05) is 26.2 Å². The van der Waals surface area contributed by atoms with E-state index in [4.69, 9.17) is 0 Å². The molecule has 5 heteroatoms. The second-order valence-corrected chi connectivity index (χ2v) is 6.25. The van der Waals surface area contributed by atoms with Crippen molar-refractivity contribution in [3.63, 3.8) is 0 Å². The molecule has 0 bridgehead atoms. The molecule has 0 unspecified atom stereocenters. The van der Waals surface area contributed by atoms with Crippen molar-refractivity contribution in [3.05, 3.63) is 35.6 Å². The molecule has 0 spiro atoms. The number of amides is 1. The van der Waals surface area contributed by atoms with Crippen molar-refractivity contribution in [3.8, 4) is 0 Å². The van der Waals surface area contributed by atoms with E-state index >= 15 is 0 Å². The maximum Gasteiger partial charge on any atom is 0.227 e. The number of piperazine rings is 1. The van der Waals surface area contributed by atoms with Gasteiger partial charge in [0.25, 0.3) is 0 Å². The van der Waals surface area contributed by atoms with E-state index in [1.54, 1.807) is 18.2 Å². The van der Waals surface area contributed by atoms with Gasteiger partial charge in [-0.05, 0) is 30.9 Å². The summed E-state index contributed by atoms with van der Waals surface area (Å²) in [6.07, 6.45) is 2.92. The largest absolute Gasteiger partial charge is 0.391 e. The predicted octanol–water partition coefficient (Wildman–Crippen LogP) is 1.43. The second kappa shape index (κ2) is 6.75. The van der Waals surface area contributed by atoms with Gasteiger partial charge in [-0.2, -0.15) is 0 Å². The molecule has 1 heterocycles. The molecule has 0 aromatic heterocycles. The van der Waals surface area contributed by atoms with Crippen LogP contribution in [0.2, 0.25) is 0 Å². The van der Waals surface area contributed by atoms with E-state index in [0.29, 0.717) is 18.7 Å². The highest BCUT2D eigenvalue weighted by Gasteiger charge is 2.33. The summed E-state index contributed by atoms with van der Waals surface area (Å²) in [5.74, 6) is -0.333. The van der Waals surface area contributed by atoms with E-state index < -0.39 is 0 Å². The van der Waals surface area contributed by atoms with Crippen molar-refractivity contribution < 1.29 is 14.3 Å². The minimum atomic E-state index is -0.316. The molecule has 1 saturated carbocycles. The summed E-state index contributed by atoms with van der Waals surface area (Å²) in [7, 11) is 0. The summed E-state index contributed by atoms with van der Waals surface area (Å²) in [5, 5.41) is 9.98. The number of carbonyl (C=O) groups excluding carboxylic acids is 1. The van der Waals surface area contributed by atoms with Crippen molar-refractivity contribution >= 4 is 5.91 Å². The highest BCUT2D eigenvalue weighted by atomic mass is 19.1. The van der Waals surface area contributed by atoms with Crippen LogP contribution >= 0.6 is 0 Å². The van der Waals surface area contributed by atoms with Gasteiger partial charge in [0.15, 0.2) is 0 Å².